The van der Waals surface area contributed by atoms with Gasteiger partial charge in [0.1, 0.15) is 6.04 Å². The van der Waals surface area contributed by atoms with Crippen LogP contribution in [-0.4, -0.2) is 24.2 Å². The largest absolute Gasteiger partial charge is 0.480 e. The van der Waals surface area contributed by atoms with Gasteiger partial charge in [-0.15, -0.1) is 0 Å². The van der Waals surface area contributed by atoms with Gasteiger partial charge < -0.3 is 10.8 Å². The van der Waals surface area contributed by atoms with Crippen LogP contribution in [0.3, 0.4) is 0 Å². The van der Waals surface area contributed by atoms with Gasteiger partial charge in [-0.2, -0.15) is 0 Å². The minimum atomic E-state index is -0.963. The molecule has 0 heterocycles. The van der Waals surface area contributed by atoms with Crippen LogP contribution < -0.4 is 5.73 Å². The van der Waals surface area contributed by atoms with Crippen molar-refractivity contribution in [2.75, 3.05) is 7.11 Å². The van der Waals surface area contributed by atoms with Crippen molar-refractivity contribution in [1.82, 2.24) is 0 Å². The Morgan fingerprint density at radius 1 is 1.89 bits per heavy atom. The molecular formula is C4H10ClNO3. The molecule has 0 fully saturated rings. The first-order valence-electron chi connectivity index (χ1n) is 2.19. The van der Waals surface area contributed by atoms with Crippen molar-refractivity contribution < 1.29 is 14.2 Å². The number of hydrogen-bond donors (Lipinski definition) is 2. The van der Waals surface area contributed by atoms with E-state index in [1.165, 1.54) is 14.0 Å². The van der Waals surface area contributed by atoms with Gasteiger partial charge in [0.25, 0.3) is 0 Å². The summed E-state index contributed by atoms with van der Waals surface area (Å²) < 4.78 is 3.72. The van der Waals surface area contributed by atoms with Crippen LogP contribution in [-0.2, 0) is 9.08 Å². The van der Waals surface area contributed by atoms with E-state index >= 15 is 0 Å². The van der Waals surface area contributed by atoms with E-state index < -0.39 is 12.0 Å². The fraction of sp³-hybridized carbons (Fsp3) is 0.750. The van der Waals surface area contributed by atoms with Crippen molar-refractivity contribution in [3.05, 3.63) is 0 Å². The molecule has 0 amide bonds. The Labute approximate surface area is 58.7 Å². The topological polar surface area (TPSA) is 72.5 Å². The molecule has 56 valence electrons. The van der Waals surface area contributed by atoms with E-state index in [9.17, 15) is 4.79 Å². The molecule has 0 unspecified atom stereocenters. The first kappa shape index (κ1) is 11.5. The number of carbonyl (C=O) groups is 1. The van der Waals surface area contributed by atoms with Crippen LogP contribution in [0.15, 0.2) is 0 Å². The highest BCUT2D eigenvalue weighted by atomic mass is 35.5. The molecule has 9 heavy (non-hydrogen) atoms. The van der Waals surface area contributed by atoms with Crippen LogP contribution in [0.1, 0.15) is 6.92 Å². The lowest BCUT2D eigenvalue weighted by Gasteiger charge is -1.90. The molecule has 0 aliphatic rings. The van der Waals surface area contributed by atoms with Crippen molar-refractivity contribution in [2.24, 2.45) is 5.73 Å². The van der Waals surface area contributed by atoms with Gasteiger partial charge in [-0.1, -0.05) is 0 Å². The lowest BCUT2D eigenvalue weighted by Crippen LogP contribution is -2.25. The van der Waals surface area contributed by atoms with Crippen LogP contribution in [0.4, 0.5) is 0 Å². The molecule has 0 aliphatic carbocycles. The number of rotatable bonds is 1. The van der Waals surface area contributed by atoms with Gasteiger partial charge in [0.2, 0.25) is 0 Å². The highest BCUT2D eigenvalue weighted by molar-refractivity contribution is 6.07. The molecule has 5 heteroatoms. The summed E-state index contributed by atoms with van der Waals surface area (Å²) in [6.07, 6.45) is 0. The minimum absolute atomic E-state index is 0.731. The smallest absolute Gasteiger partial charge is 0.320 e. The molecule has 4 nitrogen and oxygen atoms in total. The predicted octanol–water partition coefficient (Wildman–Crippen LogP) is 0.205. The molecule has 0 bridgehead atoms. The summed E-state index contributed by atoms with van der Waals surface area (Å²) in [6, 6.07) is -0.731. The summed E-state index contributed by atoms with van der Waals surface area (Å²) in [5.41, 5.74) is 4.84. The third-order valence-electron chi connectivity index (χ3n) is 0.390. The van der Waals surface area contributed by atoms with Crippen LogP contribution in [0, 0.1) is 0 Å². The molecule has 0 aromatic rings. The molecule has 1 atom stereocenters. The van der Waals surface area contributed by atoms with Gasteiger partial charge in [-0.05, 0) is 6.92 Å². The average molecular weight is 156 g/mol. The fourth-order valence-electron chi connectivity index (χ4n) is 0. The number of carboxylic acid groups (broad SMARTS) is 1. The fourth-order valence-corrected chi connectivity index (χ4v) is 0. The summed E-state index contributed by atoms with van der Waals surface area (Å²) in [5.74, 6) is -0.963. The van der Waals surface area contributed by atoms with Crippen molar-refractivity contribution in [3.63, 3.8) is 0 Å². The normalized spacial score (nSPS) is 11.1. The van der Waals surface area contributed by atoms with E-state index in [4.69, 9.17) is 10.8 Å². The quantitative estimate of drug-likeness (QED) is 0.568. The summed E-state index contributed by atoms with van der Waals surface area (Å²) in [4.78, 5) is 9.57. The number of hydrogen-bond acceptors (Lipinski definition) is 3. The van der Waals surface area contributed by atoms with E-state index in [1.807, 2.05) is 0 Å². The second-order valence-corrected chi connectivity index (χ2v) is 1.59. The zero-order chi connectivity index (χ0) is 7.86. The van der Waals surface area contributed by atoms with Crippen LogP contribution in [0.25, 0.3) is 0 Å². The maximum absolute atomic E-state index is 9.57. The van der Waals surface area contributed by atoms with E-state index in [0.717, 1.165) is 0 Å². The van der Waals surface area contributed by atoms with Crippen molar-refractivity contribution in [2.45, 2.75) is 13.0 Å². The van der Waals surface area contributed by atoms with Crippen molar-refractivity contribution >= 4 is 17.8 Å². The molecule has 0 aliphatic heterocycles. The molecule has 0 aromatic carbocycles. The number of aliphatic carboxylic acids is 1. The van der Waals surface area contributed by atoms with Gasteiger partial charge in [-0.25, -0.2) is 0 Å². The number of halogens is 1. The number of nitrogens with two attached hydrogens (primary N) is 1. The monoisotopic (exact) mass is 155 g/mol. The molecule has 0 aromatic heterocycles. The third-order valence-corrected chi connectivity index (χ3v) is 0.390. The third kappa shape index (κ3) is 18.3. The zero-order valence-electron chi connectivity index (χ0n) is 5.30. The average Bonchev–Trinajstić information content (AvgIpc) is 1.68. The highest BCUT2D eigenvalue weighted by Gasteiger charge is 1.99. The van der Waals surface area contributed by atoms with Crippen LogP contribution in [0.5, 0.6) is 0 Å². The van der Waals surface area contributed by atoms with Gasteiger partial charge in [0.05, 0.1) is 19.0 Å². The lowest BCUT2D eigenvalue weighted by molar-refractivity contribution is -0.138. The standard InChI is InChI=1S/C3H7NO2.CH3ClO/c1-2(4)3(5)6;1-3-2/h2H,4H2,1H3,(H,5,6);1H3/t2-;/m0./s1. The van der Waals surface area contributed by atoms with Crippen molar-refractivity contribution in [1.29, 1.82) is 0 Å². The molecule has 3 N–H and O–H groups in total. The van der Waals surface area contributed by atoms with Crippen molar-refractivity contribution in [3.8, 4) is 0 Å². The molecule has 0 rings (SSSR count). The molecule has 0 spiro atoms. The van der Waals surface area contributed by atoms with Gasteiger partial charge in [-0.3, -0.25) is 9.08 Å². The molecule has 0 saturated heterocycles. The Balaban J connectivity index is 0. The number of carboxylic acids is 1. The second kappa shape index (κ2) is 7.68. The Morgan fingerprint density at radius 2 is 2.00 bits per heavy atom. The molecular weight excluding hydrogens is 146 g/mol. The van der Waals surface area contributed by atoms with Crippen LogP contribution >= 0.6 is 11.9 Å². The van der Waals surface area contributed by atoms with Gasteiger partial charge in [0, 0.05) is 0 Å². The van der Waals surface area contributed by atoms with E-state index in [1.54, 1.807) is 0 Å². The van der Waals surface area contributed by atoms with E-state index in [-0.39, 0.29) is 0 Å². The minimum Gasteiger partial charge on any atom is -0.480 e. The highest BCUT2D eigenvalue weighted by Crippen LogP contribution is 1.68. The van der Waals surface area contributed by atoms with Gasteiger partial charge in [0.15, 0.2) is 0 Å². The summed E-state index contributed by atoms with van der Waals surface area (Å²) in [6.45, 7) is 1.42. The summed E-state index contributed by atoms with van der Waals surface area (Å²) in [5, 5.41) is 7.87. The predicted molar refractivity (Wildman–Crippen MR) is 34.1 cm³/mol. The summed E-state index contributed by atoms with van der Waals surface area (Å²) in [7, 11) is 1.39. The molecule has 0 saturated carbocycles. The first-order chi connectivity index (χ1) is 4.06. The van der Waals surface area contributed by atoms with Gasteiger partial charge >= 0.3 is 5.97 Å². The Morgan fingerprint density at radius 3 is 2.00 bits per heavy atom. The Kier molecular flexibility index (Phi) is 9.79. The SMILES string of the molecule is COCl.C[C@H](N)C(=O)O. The van der Waals surface area contributed by atoms with E-state index in [2.05, 4.69) is 16.2 Å². The Bertz CT molecular complexity index is 76.2. The second-order valence-electron chi connectivity index (χ2n) is 1.28. The van der Waals surface area contributed by atoms with Crippen LogP contribution in [0.2, 0.25) is 0 Å². The maximum atomic E-state index is 9.57. The maximum Gasteiger partial charge on any atom is 0.320 e. The molecule has 0 radical (unpaired) electrons. The lowest BCUT2D eigenvalue weighted by atomic mass is 10.4. The first-order valence-corrected chi connectivity index (χ1v) is 2.50. The zero-order valence-corrected chi connectivity index (χ0v) is 6.05. The Hall–Kier alpha value is -0.320. The summed E-state index contributed by atoms with van der Waals surface area (Å²) >= 11 is 4.50. The van der Waals surface area contributed by atoms with E-state index in [0.29, 0.717) is 0 Å².